The van der Waals surface area contributed by atoms with Crippen molar-refractivity contribution < 1.29 is 13.9 Å². The molecule has 1 aromatic heterocycles. The summed E-state index contributed by atoms with van der Waals surface area (Å²) >= 11 is 0. The number of anilines is 1. The predicted molar refractivity (Wildman–Crippen MR) is 87.5 cm³/mol. The molecule has 1 aliphatic rings. The summed E-state index contributed by atoms with van der Waals surface area (Å²) in [5, 5.41) is 2.73. The normalized spacial score (nSPS) is 14.5. The molecule has 1 amide bonds. The molecule has 2 heterocycles. The number of carbonyl (C=O) groups excluding carboxylic acids is 1. The lowest BCUT2D eigenvalue weighted by Gasteiger charge is -2.27. The highest BCUT2D eigenvalue weighted by Gasteiger charge is 2.14. The first-order chi connectivity index (χ1) is 11.7. The average Bonchev–Trinajstić information content (AvgIpc) is 2.64. The molecule has 126 valence electrons. The Morgan fingerprint density at radius 1 is 1.21 bits per heavy atom. The largest absolute Gasteiger partial charge is 0.378 e. The number of rotatable bonds is 5. The number of carbonyl (C=O) groups is 1. The predicted octanol–water partition coefficient (Wildman–Crippen LogP) is 1.42. The Morgan fingerprint density at radius 2 is 2.00 bits per heavy atom. The number of ether oxygens (including phenoxy) is 1. The second-order valence-corrected chi connectivity index (χ2v) is 5.46. The first kappa shape index (κ1) is 16.3. The molecular formula is C17H19FN4O2. The number of amides is 1. The lowest BCUT2D eigenvalue weighted by Crippen LogP contribution is -2.37. The van der Waals surface area contributed by atoms with E-state index < -0.39 is 0 Å². The van der Waals surface area contributed by atoms with Gasteiger partial charge in [0, 0.05) is 19.6 Å². The van der Waals surface area contributed by atoms with Gasteiger partial charge in [0.25, 0.3) is 5.91 Å². The number of halogens is 1. The molecule has 1 saturated heterocycles. The van der Waals surface area contributed by atoms with E-state index in [0.717, 1.165) is 18.9 Å². The lowest BCUT2D eigenvalue weighted by molar-refractivity contribution is 0.0948. The quantitative estimate of drug-likeness (QED) is 0.898. The third-order valence-corrected chi connectivity index (χ3v) is 3.84. The van der Waals surface area contributed by atoms with Crippen LogP contribution in [-0.2, 0) is 11.2 Å². The Labute approximate surface area is 139 Å². The van der Waals surface area contributed by atoms with Gasteiger partial charge in [-0.3, -0.25) is 4.79 Å². The SMILES string of the molecule is O=C(NCCc1ccccc1F)c1cnc(N2CCOCC2)cn1. The number of hydrogen-bond acceptors (Lipinski definition) is 5. The van der Waals surface area contributed by atoms with Gasteiger partial charge in [0.15, 0.2) is 0 Å². The number of hydrogen-bond donors (Lipinski definition) is 1. The fourth-order valence-electron chi connectivity index (χ4n) is 2.50. The van der Waals surface area contributed by atoms with Crippen molar-refractivity contribution in [3.8, 4) is 0 Å². The maximum Gasteiger partial charge on any atom is 0.271 e. The molecule has 1 aliphatic heterocycles. The van der Waals surface area contributed by atoms with Gasteiger partial charge in [0.1, 0.15) is 17.3 Å². The molecule has 0 saturated carbocycles. The highest BCUT2D eigenvalue weighted by atomic mass is 19.1. The average molecular weight is 330 g/mol. The molecule has 1 N–H and O–H groups in total. The minimum Gasteiger partial charge on any atom is -0.378 e. The zero-order chi connectivity index (χ0) is 16.8. The van der Waals surface area contributed by atoms with Crippen LogP contribution in [0.2, 0.25) is 0 Å². The van der Waals surface area contributed by atoms with Gasteiger partial charge in [-0.15, -0.1) is 0 Å². The summed E-state index contributed by atoms with van der Waals surface area (Å²) in [6, 6.07) is 6.53. The van der Waals surface area contributed by atoms with Crippen LogP contribution in [0.4, 0.5) is 10.2 Å². The molecule has 7 heteroatoms. The Hall–Kier alpha value is -2.54. The van der Waals surface area contributed by atoms with Crippen LogP contribution >= 0.6 is 0 Å². The molecule has 2 aromatic rings. The van der Waals surface area contributed by atoms with Crippen LogP contribution in [-0.4, -0.2) is 48.7 Å². The van der Waals surface area contributed by atoms with E-state index in [1.165, 1.54) is 12.3 Å². The lowest BCUT2D eigenvalue weighted by atomic mass is 10.1. The molecule has 0 radical (unpaired) electrons. The number of aromatic nitrogens is 2. The van der Waals surface area contributed by atoms with Gasteiger partial charge in [-0.2, -0.15) is 0 Å². The molecule has 6 nitrogen and oxygen atoms in total. The summed E-state index contributed by atoms with van der Waals surface area (Å²) in [6.45, 7) is 3.21. The first-order valence-electron chi connectivity index (χ1n) is 7.90. The van der Waals surface area contributed by atoms with Gasteiger partial charge in [-0.05, 0) is 18.1 Å². The van der Waals surface area contributed by atoms with Gasteiger partial charge in [0.05, 0.1) is 25.6 Å². The number of nitrogens with zero attached hydrogens (tertiary/aromatic N) is 3. The molecule has 0 aliphatic carbocycles. The smallest absolute Gasteiger partial charge is 0.271 e. The zero-order valence-electron chi connectivity index (χ0n) is 13.2. The van der Waals surface area contributed by atoms with Crippen molar-refractivity contribution in [3.63, 3.8) is 0 Å². The van der Waals surface area contributed by atoms with Crippen molar-refractivity contribution in [2.24, 2.45) is 0 Å². The Bertz CT molecular complexity index is 687. The van der Waals surface area contributed by atoms with Gasteiger partial charge in [-0.25, -0.2) is 14.4 Å². The van der Waals surface area contributed by atoms with Crippen molar-refractivity contribution in [2.75, 3.05) is 37.7 Å². The molecule has 0 spiro atoms. The van der Waals surface area contributed by atoms with Crippen LogP contribution < -0.4 is 10.2 Å². The topological polar surface area (TPSA) is 67.4 Å². The minimum absolute atomic E-state index is 0.251. The summed E-state index contributed by atoms with van der Waals surface area (Å²) in [7, 11) is 0. The molecule has 24 heavy (non-hydrogen) atoms. The monoisotopic (exact) mass is 330 g/mol. The van der Waals surface area contributed by atoms with E-state index in [9.17, 15) is 9.18 Å². The maximum atomic E-state index is 13.5. The van der Waals surface area contributed by atoms with Crippen LogP contribution in [0.5, 0.6) is 0 Å². The Balaban J connectivity index is 1.52. The molecule has 3 rings (SSSR count). The summed E-state index contributed by atoms with van der Waals surface area (Å²) in [4.78, 5) is 22.6. The van der Waals surface area contributed by atoms with E-state index in [2.05, 4.69) is 20.2 Å². The third kappa shape index (κ3) is 4.05. The van der Waals surface area contributed by atoms with Crippen LogP contribution in [0.3, 0.4) is 0 Å². The van der Waals surface area contributed by atoms with Crippen LogP contribution in [0.1, 0.15) is 16.1 Å². The fourth-order valence-corrected chi connectivity index (χ4v) is 2.50. The van der Waals surface area contributed by atoms with Crippen LogP contribution in [0.15, 0.2) is 36.7 Å². The van der Waals surface area contributed by atoms with Crippen molar-refractivity contribution in [1.82, 2.24) is 15.3 Å². The second kappa shape index (κ2) is 7.83. The van der Waals surface area contributed by atoms with Crippen molar-refractivity contribution in [3.05, 3.63) is 53.7 Å². The van der Waals surface area contributed by atoms with E-state index >= 15 is 0 Å². The minimum atomic E-state index is -0.313. The van der Waals surface area contributed by atoms with Crippen molar-refractivity contribution in [1.29, 1.82) is 0 Å². The van der Waals surface area contributed by atoms with E-state index in [0.29, 0.717) is 31.7 Å². The maximum absolute atomic E-state index is 13.5. The number of benzene rings is 1. The fraction of sp³-hybridized carbons (Fsp3) is 0.353. The van der Waals surface area contributed by atoms with Gasteiger partial charge < -0.3 is 15.0 Å². The zero-order valence-corrected chi connectivity index (χ0v) is 13.2. The van der Waals surface area contributed by atoms with Crippen molar-refractivity contribution in [2.45, 2.75) is 6.42 Å². The van der Waals surface area contributed by atoms with E-state index in [1.807, 2.05) is 0 Å². The van der Waals surface area contributed by atoms with Gasteiger partial charge >= 0.3 is 0 Å². The first-order valence-corrected chi connectivity index (χ1v) is 7.90. The highest BCUT2D eigenvalue weighted by molar-refractivity contribution is 5.92. The highest BCUT2D eigenvalue weighted by Crippen LogP contribution is 2.11. The van der Waals surface area contributed by atoms with E-state index in [-0.39, 0.29) is 17.4 Å². The van der Waals surface area contributed by atoms with Crippen LogP contribution in [0.25, 0.3) is 0 Å². The van der Waals surface area contributed by atoms with Gasteiger partial charge in [0.2, 0.25) is 0 Å². The summed E-state index contributed by atoms with van der Waals surface area (Å²) < 4.78 is 18.8. The van der Waals surface area contributed by atoms with Crippen molar-refractivity contribution >= 4 is 11.7 Å². The standard InChI is InChI=1S/C17H19FN4O2/c18-14-4-2-1-3-13(14)5-6-19-17(23)15-11-21-16(12-20-15)22-7-9-24-10-8-22/h1-4,11-12H,5-10H2,(H,19,23). The van der Waals surface area contributed by atoms with Gasteiger partial charge in [-0.1, -0.05) is 18.2 Å². The molecule has 0 unspecified atom stereocenters. The molecular weight excluding hydrogens is 311 g/mol. The number of morpholine rings is 1. The molecule has 1 aromatic carbocycles. The molecule has 1 fully saturated rings. The molecule has 0 bridgehead atoms. The Morgan fingerprint density at radius 3 is 2.71 bits per heavy atom. The van der Waals surface area contributed by atoms with E-state index in [1.54, 1.807) is 24.4 Å². The van der Waals surface area contributed by atoms with Crippen LogP contribution in [0, 0.1) is 5.82 Å². The third-order valence-electron chi connectivity index (χ3n) is 3.84. The summed E-state index contributed by atoms with van der Waals surface area (Å²) in [5.74, 6) is 0.162. The summed E-state index contributed by atoms with van der Waals surface area (Å²) in [5.41, 5.74) is 0.826. The number of nitrogens with one attached hydrogen (secondary N) is 1. The molecule has 0 atom stereocenters. The van der Waals surface area contributed by atoms with E-state index in [4.69, 9.17) is 4.74 Å². The second-order valence-electron chi connectivity index (χ2n) is 5.46. The Kier molecular flexibility index (Phi) is 5.32. The summed E-state index contributed by atoms with van der Waals surface area (Å²) in [6.07, 6.45) is 3.48.